The first-order chi connectivity index (χ1) is 15.0. The fraction of sp³-hybridized carbons (Fsp3) is 0.333. The van der Waals surface area contributed by atoms with E-state index < -0.39 is 0 Å². The number of allylic oxidation sites excluding steroid dienone is 3. The molecule has 0 aromatic heterocycles. The lowest BCUT2D eigenvalue weighted by Crippen LogP contribution is -2.16. The molecule has 0 saturated heterocycles. The quantitative estimate of drug-likeness (QED) is 0.256. The predicted molar refractivity (Wildman–Crippen MR) is 131 cm³/mol. The summed E-state index contributed by atoms with van der Waals surface area (Å²) in [6.07, 6.45) is 11.0. The fourth-order valence-corrected chi connectivity index (χ4v) is 4.83. The van der Waals surface area contributed by atoms with Gasteiger partial charge < -0.3 is 4.74 Å². The summed E-state index contributed by atoms with van der Waals surface area (Å²) in [6, 6.07) is 9.75. The summed E-state index contributed by atoms with van der Waals surface area (Å²) in [7, 11) is 0. The predicted octanol–water partition coefficient (Wildman–Crippen LogP) is 6.52. The largest absolute Gasteiger partial charge is 0.381 e. The number of thioether (sulfide) groups is 1. The zero-order valence-corrected chi connectivity index (χ0v) is 19.2. The van der Waals surface area contributed by atoms with Crippen LogP contribution in [0.1, 0.15) is 62.9 Å². The molecule has 161 valence electrons. The molecular formula is C27H29O3S. The molecule has 1 aliphatic heterocycles. The summed E-state index contributed by atoms with van der Waals surface area (Å²) < 4.78 is 5.56. The van der Waals surface area contributed by atoms with Crippen molar-refractivity contribution < 1.29 is 15.8 Å². The summed E-state index contributed by atoms with van der Waals surface area (Å²) in [6.45, 7) is 7.45. The van der Waals surface area contributed by atoms with E-state index in [1.807, 2.05) is 32.0 Å². The monoisotopic (exact) mass is 433 g/mol. The SMILES string of the molecule is C#Cc1ccc2cc(C3=CCC(C)=C(C(=O)C(C)CCOCCC)S3)ccc2c1C=O.[H]. The number of ether oxygens (including phenoxy) is 1. The number of hydrogen-bond donors (Lipinski definition) is 0. The Bertz CT molecular complexity index is 1110. The normalized spacial score (nSPS) is 14.8. The lowest BCUT2D eigenvalue weighted by molar-refractivity contribution is -0.118. The second-order valence-corrected chi connectivity index (χ2v) is 8.93. The molecule has 2 aromatic rings. The Kier molecular flexibility index (Phi) is 7.90. The van der Waals surface area contributed by atoms with Gasteiger partial charge in [-0.3, -0.25) is 9.59 Å². The maximum Gasteiger partial charge on any atom is 0.172 e. The maximum absolute atomic E-state index is 13.1. The van der Waals surface area contributed by atoms with Crippen molar-refractivity contribution in [1.29, 1.82) is 0 Å². The number of Topliss-reactive ketones (excluding diaryl/α,β-unsaturated/α-hetero) is 1. The average molecular weight is 434 g/mol. The first-order valence-electron chi connectivity index (χ1n) is 10.7. The highest BCUT2D eigenvalue weighted by molar-refractivity contribution is 8.12. The third-order valence-electron chi connectivity index (χ3n) is 5.53. The van der Waals surface area contributed by atoms with Crippen LogP contribution in [0.5, 0.6) is 0 Å². The minimum atomic E-state index is -0.0670. The van der Waals surface area contributed by atoms with E-state index in [0.717, 1.165) is 63.9 Å². The number of hydrogen-bond acceptors (Lipinski definition) is 4. The summed E-state index contributed by atoms with van der Waals surface area (Å²) in [5.74, 6) is 2.70. The minimum absolute atomic E-state index is 0. The van der Waals surface area contributed by atoms with Crippen LogP contribution in [0.25, 0.3) is 15.7 Å². The molecule has 0 fully saturated rings. The molecule has 1 aliphatic rings. The second kappa shape index (κ2) is 10.6. The molecule has 3 nitrogen and oxygen atoms in total. The van der Waals surface area contributed by atoms with Crippen molar-refractivity contribution >= 4 is 39.5 Å². The van der Waals surface area contributed by atoms with Gasteiger partial charge >= 0.3 is 0 Å². The lowest BCUT2D eigenvalue weighted by atomic mass is 9.97. The highest BCUT2D eigenvalue weighted by atomic mass is 32.2. The first kappa shape index (κ1) is 23.1. The second-order valence-electron chi connectivity index (χ2n) is 7.88. The average Bonchev–Trinajstić information content (AvgIpc) is 2.80. The van der Waals surface area contributed by atoms with Crippen LogP contribution in [-0.4, -0.2) is 25.3 Å². The van der Waals surface area contributed by atoms with Crippen LogP contribution in [-0.2, 0) is 9.53 Å². The van der Waals surface area contributed by atoms with Crippen LogP contribution in [0.2, 0.25) is 0 Å². The molecule has 1 unspecified atom stereocenters. The van der Waals surface area contributed by atoms with E-state index >= 15 is 0 Å². The summed E-state index contributed by atoms with van der Waals surface area (Å²) in [5.41, 5.74) is 3.30. The molecular weight excluding hydrogens is 404 g/mol. The topological polar surface area (TPSA) is 43.4 Å². The molecule has 31 heavy (non-hydrogen) atoms. The van der Waals surface area contributed by atoms with Crippen molar-refractivity contribution in [2.24, 2.45) is 5.92 Å². The van der Waals surface area contributed by atoms with E-state index in [2.05, 4.69) is 25.0 Å². The zero-order valence-electron chi connectivity index (χ0n) is 19.4. The van der Waals surface area contributed by atoms with Gasteiger partial charge in [0.1, 0.15) is 0 Å². The highest BCUT2D eigenvalue weighted by Crippen LogP contribution is 2.42. The van der Waals surface area contributed by atoms with Crippen LogP contribution in [0.4, 0.5) is 0 Å². The van der Waals surface area contributed by atoms with Crippen molar-refractivity contribution in [1.82, 2.24) is 0 Å². The minimum Gasteiger partial charge on any atom is -0.381 e. The maximum atomic E-state index is 13.1. The Balaban J connectivity index is 0.00000363. The van der Waals surface area contributed by atoms with Gasteiger partial charge in [-0.15, -0.1) is 6.42 Å². The lowest BCUT2D eigenvalue weighted by Gasteiger charge is -2.21. The molecule has 1 radical (unpaired) electrons. The van der Waals surface area contributed by atoms with Crippen LogP contribution in [0, 0.1) is 18.3 Å². The van der Waals surface area contributed by atoms with E-state index in [9.17, 15) is 9.59 Å². The third kappa shape index (κ3) is 5.18. The Labute approximate surface area is 190 Å². The van der Waals surface area contributed by atoms with Crippen LogP contribution < -0.4 is 0 Å². The summed E-state index contributed by atoms with van der Waals surface area (Å²) >= 11 is 1.55. The Morgan fingerprint density at radius 3 is 2.84 bits per heavy atom. The molecule has 1 atom stereocenters. The van der Waals surface area contributed by atoms with Crippen molar-refractivity contribution in [3.8, 4) is 12.3 Å². The van der Waals surface area contributed by atoms with Gasteiger partial charge in [-0.2, -0.15) is 0 Å². The number of terminal acetylenes is 1. The van der Waals surface area contributed by atoms with Gasteiger partial charge in [-0.25, -0.2) is 0 Å². The number of ketones is 1. The molecule has 0 saturated carbocycles. The van der Waals surface area contributed by atoms with Crippen LogP contribution in [0.15, 0.2) is 46.9 Å². The zero-order chi connectivity index (χ0) is 22.4. The van der Waals surface area contributed by atoms with Gasteiger partial charge in [0.05, 0.1) is 4.91 Å². The van der Waals surface area contributed by atoms with Gasteiger partial charge in [-0.05, 0) is 54.7 Å². The number of fused-ring (bicyclic) bond motifs is 1. The van der Waals surface area contributed by atoms with E-state index in [0.29, 0.717) is 17.7 Å². The molecule has 0 aliphatic carbocycles. The Morgan fingerprint density at radius 2 is 2.13 bits per heavy atom. The smallest absolute Gasteiger partial charge is 0.172 e. The van der Waals surface area contributed by atoms with Crippen LogP contribution >= 0.6 is 11.8 Å². The Morgan fingerprint density at radius 1 is 1.32 bits per heavy atom. The van der Waals surface area contributed by atoms with Crippen molar-refractivity contribution in [2.45, 2.75) is 40.0 Å². The molecule has 3 rings (SSSR count). The van der Waals surface area contributed by atoms with E-state index in [1.165, 1.54) is 0 Å². The molecule has 0 bridgehead atoms. The number of carbonyl (C=O) groups excluding carboxylic acids is 2. The molecule has 1 heterocycles. The molecule has 0 N–H and O–H groups in total. The summed E-state index contributed by atoms with van der Waals surface area (Å²) in [5, 5.41) is 1.81. The van der Waals surface area contributed by atoms with E-state index in [-0.39, 0.29) is 13.1 Å². The van der Waals surface area contributed by atoms with Crippen LogP contribution in [0.3, 0.4) is 0 Å². The van der Waals surface area contributed by atoms with Gasteiger partial charge in [0.2, 0.25) is 0 Å². The van der Waals surface area contributed by atoms with Gasteiger partial charge in [0.25, 0.3) is 0 Å². The van der Waals surface area contributed by atoms with Crippen molar-refractivity contribution in [3.05, 3.63) is 63.6 Å². The van der Waals surface area contributed by atoms with Crippen molar-refractivity contribution in [2.75, 3.05) is 13.2 Å². The summed E-state index contributed by atoms with van der Waals surface area (Å²) in [4.78, 5) is 26.6. The number of benzene rings is 2. The molecule has 0 amide bonds. The molecule has 0 spiro atoms. The first-order valence-corrected chi connectivity index (χ1v) is 11.5. The fourth-order valence-electron chi connectivity index (χ4n) is 3.64. The molecule has 2 aromatic carbocycles. The Hall–Kier alpha value is -2.61. The van der Waals surface area contributed by atoms with Gasteiger partial charge in [0, 0.05) is 36.6 Å². The molecule has 4 heteroatoms. The van der Waals surface area contributed by atoms with Crippen molar-refractivity contribution in [3.63, 3.8) is 0 Å². The highest BCUT2D eigenvalue weighted by Gasteiger charge is 2.24. The number of rotatable bonds is 9. The third-order valence-corrected chi connectivity index (χ3v) is 6.90. The van der Waals surface area contributed by atoms with Gasteiger partial charge in [0.15, 0.2) is 12.1 Å². The number of aldehydes is 1. The van der Waals surface area contributed by atoms with E-state index in [4.69, 9.17) is 11.2 Å². The standard InChI is InChI=1S/C27H28O3S.H/c1-5-14-30-15-13-18(3)26(29)27-19(4)7-12-25(31-27)22-10-11-23-21(16-22)9-8-20(6-2)24(23)17-28;/h2,8-12,16-18H,5,7,13-15H2,1,3-4H3;. The van der Waals surface area contributed by atoms with E-state index in [1.54, 1.807) is 17.8 Å². The van der Waals surface area contributed by atoms with Gasteiger partial charge in [-0.1, -0.05) is 61.4 Å². The number of carbonyl (C=O) groups is 2.